The number of halogens is 1. The van der Waals surface area contributed by atoms with Crippen LogP contribution in [0.15, 0.2) is 47.4 Å². The van der Waals surface area contributed by atoms with E-state index in [9.17, 15) is 17.6 Å². The maximum absolute atomic E-state index is 14.0. The van der Waals surface area contributed by atoms with E-state index >= 15 is 0 Å². The Hall–Kier alpha value is -2.30. The summed E-state index contributed by atoms with van der Waals surface area (Å²) in [5.41, 5.74) is 0.790. The average molecular weight is 469 g/mol. The van der Waals surface area contributed by atoms with Crippen molar-refractivity contribution in [1.29, 1.82) is 0 Å². The minimum atomic E-state index is -4.21. The molecule has 1 heterocycles. The van der Waals surface area contributed by atoms with E-state index in [-0.39, 0.29) is 6.42 Å². The largest absolute Gasteiger partial charge is 0.486 e. The molecule has 168 valence electrons. The van der Waals surface area contributed by atoms with Gasteiger partial charge in [-0.2, -0.15) is 16.5 Å². The monoisotopic (exact) mass is 468 g/mol. The van der Waals surface area contributed by atoms with Gasteiger partial charge in [-0.1, -0.05) is 18.2 Å². The molecule has 2 N–H and O–H groups in total. The highest BCUT2D eigenvalue weighted by Gasteiger charge is 2.28. The number of rotatable bonds is 9. The van der Waals surface area contributed by atoms with E-state index in [1.807, 2.05) is 12.3 Å². The molecule has 0 aliphatic carbocycles. The van der Waals surface area contributed by atoms with Crippen LogP contribution in [0.4, 0.5) is 4.39 Å². The summed E-state index contributed by atoms with van der Waals surface area (Å²) in [5, 5.41) is 2.84. The number of hydrogen-bond donors (Lipinski definition) is 2. The first-order chi connectivity index (χ1) is 14.8. The number of amides is 1. The van der Waals surface area contributed by atoms with Crippen molar-refractivity contribution in [3.8, 4) is 11.5 Å². The highest BCUT2D eigenvalue weighted by Crippen LogP contribution is 2.32. The third kappa shape index (κ3) is 5.90. The van der Waals surface area contributed by atoms with E-state index in [0.717, 1.165) is 11.6 Å². The Morgan fingerprint density at radius 2 is 1.87 bits per heavy atom. The molecule has 2 aromatic carbocycles. The van der Waals surface area contributed by atoms with Crippen molar-refractivity contribution < 1.29 is 27.1 Å². The molecule has 1 amide bonds. The Morgan fingerprint density at radius 1 is 1.16 bits per heavy atom. The number of benzene rings is 2. The fourth-order valence-electron chi connectivity index (χ4n) is 3.12. The van der Waals surface area contributed by atoms with Crippen molar-refractivity contribution in [3.05, 3.63) is 53.8 Å². The number of nitrogens with one attached hydrogen (secondary N) is 2. The lowest BCUT2D eigenvalue weighted by atomic mass is 10.1. The number of sulfonamides is 1. The smallest absolute Gasteiger partial charge is 0.244 e. The highest BCUT2D eigenvalue weighted by atomic mass is 32.2. The van der Waals surface area contributed by atoms with Gasteiger partial charge >= 0.3 is 0 Å². The normalized spacial score (nSPS) is 15.2. The molecule has 1 aliphatic heterocycles. The maximum Gasteiger partial charge on any atom is 0.244 e. The van der Waals surface area contributed by atoms with Crippen molar-refractivity contribution in [2.45, 2.75) is 30.3 Å². The van der Waals surface area contributed by atoms with Crippen LogP contribution in [0.1, 0.15) is 24.9 Å². The van der Waals surface area contributed by atoms with Crippen LogP contribution in [0.25, 0.3) is 0 Å². The standard InChI is InChI=1S/C21H25FN2O5S2/c1-14(15-7-8-18-19(13-15)29-11-10-28-18)23-21(25)17(9-12-30-2)24-31(26,27)20-6-4-3-5-16(20)22/h3-8,13-14,17,24H,9-12H2,1-2H3,(H,23,25)/t14-,17-/m1/s1. The molecule has 1 aliphatic rings. The molecule has 0 saturated heterocycles. The molecule has 31 heavy (non-hydrogen) atoms. The van der Waals surface area contributed by atoms with E-state index in [1.165, 1.54) is 30.0 Å². The summed E-state index contributed by atoms with van der Waals surface area (Å²) in [4.78, 5) is 12.4. The van der Waals surface area contributed by atoms with Gasteiger partial charge in [-0.3, -0.25) is 4.79 Å². The van der Waals surface area contributed by atoms with Crippen molar-refractivity contribution in [3.63, 3.8) is 0 Å². The van der Waals surface area contributed by atoms with Crippen molar-refractivity contribution in [2.75, 3.05) is 25.2 Å². The second-order valence-electron chi connectivity index (χ2n) is 7.02. The lowest BCUT2D eigenvalue weighted by Crippen LogP contribution is -2.47. The van der Waals surface area contributed by atoms with Gasteiger partial charge in [0.1, 0.15) is 30.0 Å². The minimum absolute atomic E-state index is 0.258. The molecule has 0 radical (unpaired) electrons. The van der Waals surface area contributed by atoms with Crippen LogP contribution in [0.3, 0.4) is 0 Å². The molecule has 3 rings (SSSR count). The second-order valence-corrected chi connectivity index (χ2v) is 9.69. The molecule has 7 nitrogen and oxygen atoms in total. The number of fused-ring (bicyclic) bond motifs is 1. The van der Waals surface area contributed by atoms with E-state index in [1.54, 1.807) is 19.1 Å². The summed E-state index contributed by atoms with van der Waals surface area (Å²) in [6.45, 7) is 2.73. The van der Waals surface area contributed by atoms with Crippen LogP contribution in [-0.2, 0) is 14.8 Å². The Morgan fingerprint density at radius 3 is 2.58 bits per heavy atom. The van der Waals surface area contributed by atoms with Gasteiger partial charge in [0.2, 0.25) is 15.9 Å². The average Bonchev–Trinajstić information content (AvgIpc) is 2.76. The first-order valence-corrected chi connectivity index (χ1v) is 12.6. The van der Waals surface area contributed by atoms with Gasteiger partial charge in [-0.05, 0) is 55.2 Å². The number of ether oxygens (including phenoxy) is 2. The molecule has 2 atom stereocenters. The predicted octanol–water partition coefficient (Wildman–Crippen LogP) is 2.87. The van der Waals surface area contributed by atoms with E-state index in [4.69, 9.17) is 9.47 Å². The molecular formula is C21H25FN2O5S2. The maximum atomic E-state index is 14.0. The summed E-state index contributed by atoms with van der Waals surface area (Å²) in [7, 11) is -4.21. The van der Waals surface area contributed by atoms with Crippen LogP contribution < -0.4 is 19.5 Å². The number of hydrogen-bond acceptors (Lipinski definition) is 6. The van der Waals surface area contributed by atoms with Crippen LogP contribution in [0, 0.1) is 5.82 Å². The predicted molar refractivity (Wildman–Crippen MR) is 117 cm³/mol. The third-order valence-electron chi connectivity index (χ3n) is 4.78. The van der Waals surface area contributed by atoms with E-state index < -0.39 is 38.7 Å². The van der Waals surface area contributed by atoms with Gasteiger partial charge in [0.15, 0.2) is 11.5 Å². The number of carbonyl (C=O) groups is 1. The zero-order valence-corrected chi connectivity index (χ0v) is 18.9. The second kappa shape index (κ2) is 10.3. The molecule has 2 aromatic rings. The fourth-order valence-corrected chi connectivity index (χ4v) is 4.90. The molecule has 0 spiro atoms. The van der Waals surface area contributed by atoms with E-state index in [0.29, 0.717) is 30.5 Å². The Bertz CT molecular complexity index is 1030. The summed E-state index contributed by atoms with van der Waals surface area (Å²) >= 11 is 1.48. The number of carbonyl (C=O) groups excluding carboxylic acids is 1. The molecular weight excluding hydrogens is 443 g/mol. The van der Waals surface area contributed by atoms with Gasteiger partial charge in [0, 0.05) is 0 Å². The van der Waals surface area contributed by atoms with Gasteiger partial charge in [-0.15, -0.1) is 0 Å². The van der Waals surface area contributed by atoms with Crippen LogP contribution >= 0.6 is 11.8 Å². The lowest BCUT2D eigenvalue weighted by molar-refractivity contribution is -0.123. The van der Waals surface area contributed by atoms with Crippen LogP contribution in [0.2, 0.25) is 0 Å². The third-order valence-corrected chi connectivity index (χ3v) is 6.92. The van der Waals surface area contributed by atoms with Gasteiger partial charge in [0.05, 0.1) is 6.04 Å². The first kappa shape index (κ1) is 23.4. The molecule has 10 heteroatoms. The fraction of sp³-hybridized carbons (Fsp3) is 0.381. The summed E-state index contributed by atoms with van der Waals surface area (Å²) < 4.78 is 52.8. The molecule has 0 saturated carbocycles. The van der Waals surface area contributed by atoms with Crippen molar-refractivity contribution in [2.24, 2.45) is 0 Å². The first-order valence-electron chi connectivity index (χ1n) is 9.77. The SMILES string of the molecule is CSCC[C@@H](NS(=O)(=O)c1ccccc1F)C(=O)N[C@H](C)c1ccc2c(c1)OCCO2. The van der Waals surface area contributed by atoms with Gasteiger partial charge in [-0.25, -0.2) is 12.8 Å². The highest BCUT2D eigenvalue weighted by molar-refractivity contribution is 7.98. The Labute approximate surface area is 185 Å². The quantitative estimate of drug-likeness (QED) is 0.588. The minimum Gasteiger partial charge on any atom is -0.486 e. The van der Waals surface area contributed by atoms with Crippen LogP contribution in [0.5, 0.6) is 11.5 Å². The summed E-state index contributed by atoms with van der Waals surface area (Å²) in [6.07, 6.45) is 2.12. The zero-order chi connectivity index (χ0) is 22.4. The molecule has 0 bridgehead atoms. The Balaban J connectivity index is 1.74. The topological polar surface area (TPSA) is 93.7 Å². The summed E-state index contributed by atoms with van der Waals surface area (Å²) in [5.74, 6) is 0.434. The van der Waals surface area contributed by atoms with E-state index in [2.05, 4.69) is 10.0 Å². The number of thioether (sulfide) groups is 1. The van der Waals surface area contributed by atoms with Crippen molar-refractivity contribution in [1.82, 2.24) is 10.0 Å². The van der Waals surface area contributed by atoms with Crippen LogP contribution in [-0.4, -0.2) is 45.6 Å². The van der Waals surface area contributed by atoms with Gasteiger partial charge in [0.25, 0.3) is 0 Å². The molecule has 0 aromatic heterocycles. The van der Waals surface area contributed by atoms with Crippen molar-refractivity contribution >= 4 is 27.7 Å². The lowest BCUT2D eigenvalue weighted by Gasteiger charge is -2.23. The zero-order valence-electron chi connectivity index (χ0n) is 17.3. The molecule has 0 unspecified atom stereocenters. The molecule has 0 fully saturated rings. The summed E-state index contributed by atoms with van der Waals surface area (Å²) in [6, 6.07) is 9.00. The Kier molecular flexibility index (Phi) is 7.79. The van der Waals surface area contributed by atoms with Gasteiger partial charge < -0.3 is 14.8 Å².